The molecule has 0 saturated carbocycles. The number of ketones is 1. The van der Waals surface area contributed by atoms with E-state index in [1.165, 1.54) is 5.56 Å². The first kappa shape index (κ1) is 12.0. The lowest BCUT2D eigenvalue weighted by molar-refractivity contribution is 0.0978. The van der Waals surface area contributed by atoms with Crippen molar-refractivity contribution in [2.24, 2.45) is 0 Å². The van der Waals surface area contributed by atoms with Crippen LogP contribution in [-0.2, 0) is 6.42 Å². The van der Waals surface area contributed by atoms with Crippen LogP contribution in [0.4, 0.5) is 0 Å². The van der Waals surface area contributed by atoms with Crippen LogP contribution in [0.15, 0.2) is 53.1 Å². The third-order valence-corrected chi connectivity index (χ3v) is 2.97. The number of benzene rings is 1. The molecule has 0 unspecified atom stereocenters. The Bertz CT molecular complexity index is 493. The Morgan fingerprint density at radius 3 is 2.53 bits per heavy atom. The first-order valence-corrected chi connectivity index (χ1v) is 6.24. The van der Waals surface area contributed by atoms with Crippen LogP contribution in [0, 0.1) is 0 Å². The Hall–Kier alpha value is -1.48. The minimum atomic E-state index is 0.0846. The molecule has 1 aromatic heterocycles. The summed E-state index contributed by atoms with van der Waals surface area (Å²) in [6.45, 7) is 0. The highest BCUT2D eigenvalue weighted by molar-refractivity contribution is 9.10. The van der Waals surface area contributed by atoms with E-state index < -0.39 is 0 Å². The van der Waals surface area contributed by atoms with Crippen LogP contribution < -0.4 is 0 Å². The Kier molecular flexibility index (Phi) is 4.04. The first-order valence-electron chi connectivity index (χ1n) is 5.44. The van der Waals surface area contributed by atoms with Gasteiger partial charge in [0.25, 0.3) is 0 Å². The van der Waals surface area contributed by atoms with Crippen LogP contribution in [0.2, 0.25) is 0 Å². The van der Waals surface area contributed by atoms with E-state index in [-0.39, 0.29) is 5.78 Å². The summed E-state index contributed by atoms with van der Waals surface area (Å²) in [6, 6.07) is 13.6. The quantitative estimate of drug-likeness (QED) is 0.804. The van der Waals surface area contributed by atoms with Crippen molar-refractivity contribution in [2.45, 2.75) is 12.8 Å². The van der Waals surface area contributed by atoms with Crippen LogP contribution in [0.1, 0.15) is 22.5 Å². The van der Waals surface area contributed by atoms with E-state index in [4.69, 9.17) is 0 Å². The second-order valence-electron chi connectivity index (χ2n) is 3.77. The molecule has 0 radical (unpaired) electrons. The maximum atomic E-state index is 11.9. The Morgan fingerprint density at radius 1 is 1.12 bits per heavy atom. The average molecular weight is 290 g/mol. The van der Waals surface area contributed by atoms with Gasteiger partial charge in [0, 0.05) is 17.1 Å². The van der Waals surface area contributed by atoms with Gasteiger partial charge in [-0.05, 0) is 40.0 Å². The van der Waals surface area contributed by atoms with Crippen molar-refractivity contribution in [1.29, 1.82) is 0 Å². The zero-order chi connectivity index (χ0) is 12.1. The van der Waals surface area contributed by atoms with E-state index in [2.05, 4.69) is 20.9 Å². The molecule has 0 aliphatic heterocycles. The number of carbonyl (C=O) groups excluding carboxylic acids is 1. The van der Waals surface area contributed by atoms with E-state index >= 15 is 0 Å². The fraction of sp³-hybridized carbons (Fsp3) is 0.143. The normalized spacial score (nSPS) is 10.2. The van der Waals surface area contributed by atoms with Gasteiger partial charge >= 0.3 is 0 Å². The van der Waals surface area contributed by atoms with Gasteiger partial charge in [0.05, 0.1) is 0 Å². The lowest BCUT2D eigenvalue weighted by Gasteiger charge is -2.01. The van der Waals surface area contributed by atoms with Gasteiger partial charge in [-0.3, -0.25) is 9.78 Å². The monoisotopic (exact) mass is 289 g/mol. The van der Waals surface area contributed by atoms with Crippen LogP contribution in [-0.4, -0.2) is 10.8 Å². The standard InChI is InChI=1S/C14H12BrNO/c15-12-7-8-13(16-10-12)14(17)9-6-11-4-2-1-3-5-11/h1-5,7-8,10H,6,9H2. The molecule has 3 heteroatoms. The molecule has 1 heterocycles. The topological polar surface area (TPSA) is 30.0 Å². The van der Waals surface area contributed by atoms with Crippen LogP contribution in [0.25, 0.3) is 0 Å². The molecule has 1 aromatic carbocycles. The number of Topliss-reactive ketones (excluding diaryl/α,β-unsaturated/α-hetero) is 1. The van der Waals surface area contributed by atoms with Crippen molar-refractivity contribution in [2.75, 3.05) is 0 Å². The van der Waals surface area contributed by atoms with Crippen molar-refractivity contribution in [1.82, 2.24) is 4.98 Å². The number of nitrogens with zero attached hydrogens (tertiary/aromatic N) is 1. The third kappa shape index (κ3) is 3.49. The molecule has 0 N–H and O–H groups in total. The first-order chi connectivity index (χ1) is 8.25. The molecular formula is C14H12BrNO. The second-order valence-corrected chi connectivity index (χ2v) is 4.69. The highest BCUT2D eigenvalue weighted by atomic mass is 79.9. The summed E-state index contributed by atoms with van der Waals surface area (Å²) >= 11 is 3.30. The number of aromatic nitrogens is 1. The summed E-state index contributed by atoms with van der Waals surface area (Å²) in [5, 5.41) is 0. The summed E-state index contributed by atoms with van der Waals surface area (Å²) in [7, 11) is 0. The summed E-state index contributed by atoms with van der Waals surface area (Å²) in [4.78, 5) is 15.9. The largest absolute Gasteiger partial charge is 0.292 e. The summed E-state index contributed by atoms with van der Waals surface area (Å²) in [5.41, 5.74) is 1.71. The lowest BCUT2D eigenvalue weighted by Crippen LogP contribution is -2.03. The van der Waals surface area contributed by atoms with E-state index in [0.29, 0.717) is 12.1 Å². The number of carbonyl (C=O) groups is 1. The van der Waals surface area contributed by atoms with Crippen LogP contribution in [0.3, 0.4) is 0 Å². The zero-order valence-corrected chi connectivity index (χ0v) is 10.9. The summed E-state index contributed by atoms with van der Waals surface area (Å²) in [5.74, 6) is 0.0846. The van der Waals surface area contributed by atoms with Gasteiger partial charge in [0.1, 0.15) is 5.69 Å². The van der Waals surface area contributed by atoms with Crippen LogP contribution >= 0.6 is 15.9 Å². The number of hydrogen-bond donors (Lipinski definition) is 0. The summed E-state index contributed by atoms with van der Waals surface area (Å²) < 4.78 is 0.886. The third-order valence-electron chi connectivity index (χ3n) is 2.50. The maximum Gasteiger partial charge on any atom is 0.181 e. The molecule has 0 aliphatic carbocycles. The molecule has 86 valence electrons. The minimum absolute atomic E-state index is 0.0846. The van der Waals surface area contributed by atoms with Gasteiger partial charge in [0.2, 0.25) is 0 Å². The van der Waals surface area contributed by atoms with Crippen molar-refractivity contribution < 1.29 is 4.79 Å². The van der Waals surface area contributed by atoms with Gasteiger partial charge in [0.15, 0.2) is 5.78 Å². The van der Waals surface area contributed by atoms with Gasteiger partial charge < -0.3 is 0 Å². The van der Waals surface area contributed by atoms with Crippen LogP contribution in [0.5, 0.6) is 0 Å². The molecule has 17 heavy (non-hydrogen) atoms. The van der Waals surface area contributed by atoms with E-state index in [1.54, 1.807) is 12.3 Å². The van der Waals surface area contributed by atoms with Crippen molar-refractivity contribution >= 4 is 21.7 Å². The maximum absolute atomic E-state index is 11.9. The molecule has 0 fully saturated rings. The van der Waals surface area contributed by atoms with Crippen molar-refractivity contribution in [3.05, 3.63) is 64.4 Å². The Morgan fingerprint density at radius 2 is 1.88 bits per heavy atom. The molecule has 2 nitrogen and oxygen atoms in total. The van der Waals surface area contributed by atoms with Gasteiger partial charge in [-0.15, -0.1) is 0 Å². The number of pyridine rings is 1. The van der Waals surface area contributed by atoms with Gasteiger partial charge in [-0.1, -0.05) is 30.3 Å². The fourth-order valence-corrected chi connectivity index (χ4v) is 1.81. The Labute approximate surface area is 109 Å². The average Bonchev–Trinajstić information content (AvgIpc) is 2.38. The van der Waals surface area contributed by atoms with Crippen molar-refractivity contribution in [3.8, 4) is 0 Å². The van der Waals surface area contributed by atoms with Crippen molar-refractivity contribution in [3.63, 3.8) is 0 Å². The predicted octanol–water partition coefficient (Wildman–Crippen LogP) is 3.66. The molecule has 0 amide bonds. The Balaban J connectivity index is 1.96. The predicted molar refractivity (Wildman–Crippen MR) is 71.0 cm³/mol. The molecule has 2 rings (SSSR count). The lowest BCUT2D eigenvalue weighted by atomic mass is 10.1. The second kappa shape index (κ2) is 5.73. The fourth-order valence-electron chi connectivity index (χ4n) is 1.57. The SMILES string of the molecule is O=C(CCc1ccccc1)c1ccc(Br)cn1. The highest BCUT2D eigenvalue weighted by Crippen LogP contribution is 2.10. The molecule has 0 saturated heterocycles. The molecule has 0 bridgehead atoms. The van der Waals surface area contributed by atoms with E-state index in [9.17, 15) is 4.79 Å². The van der Waals surface area contributed by atoms with Gasteiger partial charge in [-0.25, -0.2) is 0 Å². The van der Waals surface area contributed by atoms with E-state index in [1.807, 2.05) is 36.4 Å². The minimum Gasteiger partial charge on any atom is -0.292 e. The van der Waals surface area contributed by atoms with E-state index in [0.717, 1.165) is 10.9 Å². The molecule has 2 aromatic rings. The molecule has 0 spiro atoms. The smallest absolute Gasteiger partial charge is 0.181 e. The number of aryl methyl sites for hydroxylation is 1. The number of halogens is 1. The molecular weight excluding hydrogens is 278 g/mol. The summed E-state index contributed by atoms with van der Waals surface area (Å²) in [6.07, 6.45) is 2.91. The number of hydrogen-bond acceptors (Lipinski definition) is 2. The molecule has 0 aliphatic rings. The highest BCUT2D eigenvalue weighted by Gasteiger charge is 2.07. The van der Waals surface area contributed by atoms with Gasteiger partial charge in [-0.2, -0.15) is 0 Å². The molecule has 0 atom stereocenters. The zero-order valence-electron chi connectivity index (χ0n) is 9.27. The number of rotatable bonds is 4.